The number of carbonyl (C=O) groups excluding carboxylic acids is 2. The molecule has 1 aliphatic heterocycles. The standard InChI is InChI=1S/C17H20N2O3/c1-11-14(16(20)22-2)15(13-6-4-3-5-7-13)18-17(21)19(11)10-12-8-9-12/h3-7,12,15H,8-10H2,1-2H3,(H,18,21)/t15-/m0/s1. The van der Waals surface area contributed by atoms with Gasteiger partial charge in [0.2, 0.25) is 0 Å². The first kappa shape index (κ1) is 14.6. The Bertz CT molecular complexity index is 620. The van der Waals surface area contributed by atoms with Crippen LogP contribution in [0.2, 0.25) is 0 Å². The molecule has 116 valence electrons. The first-order chi connectivity index (χ1) is 10.6. The highest BCUT2D eigenvalue weighted by Crippen LogP contribution is 2.35. The predicted octanol–water partition coefficient (Wildman–Crippen LogP) is 2.61. The maximum Gasteiger partial charge on any atom is 0.337 e. The second kappa shape index (κ2) is 5.83. The fraction of sp³-hybridized carbons (Fsp3) is 0.412. The van der Waals surface area contributed by atoms with Crippen molar-refractivity contribution in [1.82, 2.24) is 10.2 Å². The van der Waals surface area contributed by atoms with Gasteiger partial charge in [-0.15, -0.1) is 0 Å². The predicted molar refractivity (Wildman–Crippen MR) is 81.9 cm³/mol. The van der Waals surface area contributed by atoms with E-state index in [-0.39, 0.29) is 6.03 Å². The number of ether oxygens (including phenoxy) is 1. The third-order valence-corrected chi connectivity index (χ3v) is 4.27. The van der Waals surface area contributed by atoms with Gasteiger partial charge in [-0.1, -0.05) is 30.3 Å². The number of hydrogen-bond acceptors (Lipinski definition) is 3. The summed E-state index contributed by atoms with van der Waals surface area (Å²) in [5.41, 5.74) is 2.08. The molecule has 5 nitrogen and oxygen atoms in total. The van der Waals surface area contributed by atoms with E-state index in [4.69, 9.17) is 4.74 Å². The van der Waals surface area contributed by atoms with Crippen molar-refractivity contribution in [2.24, 2.45) is 5.92 Å². The number of nitrogens with zero attached hydrogens (tertiary/aromatic N) is 1. The smallest absolute Gasteiger partial charge is 0.337 e. The van der Waals surface area contributed by atoms with Crippen LogP contribution in [0.25, 0.3) is 0 Å². The van der Waals surface area contributed by atoms with E-state index in [9.17, 15) is 9.59 Å². The fourth-order valence-electron chi connectivity index (χ4n) is 2.83. The van der Waals surface area contributed by atoms with Gasteiger partial charge in [0.05, 0.1) is 18.7 Å². The van der Waals surface area contributed by atoms with Crippen molar-refractivity contribution in [3.8, 4) is 0 Å². The number of rotatable bonds is 4. The highest BCUT2D eigenvalue weighted by molar-refractivity contribution is 5.95. The Morgan fingerprint density at radius 3 is 2.59 bits per heavy atom. The zero-order chi connectivity index (χ0) is 15.7. The molecule has 2 amide bonds. The zero-order valence-corrected chi connectivity index (χ0v) is 12.8. The average Bonchev–Trinajstić information content (AvgIpc) is 3.35. The Morgan fingerprint density at radius 1 is 1.32 bits per heavy atom. The number of methoxy groups -OCH3 is 1. The molecule has 1 aliphatic carbocycles. The summed E-state index contributed by atoms with van der Waals surface area (Å²) in [5, 5.41) is 2.94. The Balaban J connectivity index is 2.01. The lowest BCUT2D eigenvalue weighted by atomic mass is 9.95. The molecule has 2 aliphatic rings. The van der Waals surface area contributed by atoms with Crippen molar-refractivity contribution in [1.29, 1.82) is 0 Å². The van der Waals surface area contributed by atoms with Gasteiger partial charge in [-0.25, -0.2) is 9.59 Å². The largest absolute Gasteiger partial charge is 0.466 e. The molecule has 1 atom stereocenters. The minimum atomic E-state index is -0.461. The van der Waals surface area contributed by atoms with E-state index in [1.807, 2.05) is 37.3 Å². The summed E-state index contributed by atoms with van der Waals surface area (Å²) in [5.74, 6) is 0.153. The van der Waals surface area contributed by atoms with E-state index in [2.05, 4.69) is 5.32 Å². The van der Waals surface area contributed by atoms with Gasteiger partial charge in [-0.3, -0.25) is 4.90 Å². The maximum absolute atomic E-state index is 12.4. The molecular weight excluding hydrogens is 280 g/mol. The second-order valence-corrected chi connectivity index (χ2v) is 5.84. The fourth-order valence-corrected chi connectivity index (χ4v) is 2.83. The summed E-state index contributed by atoms with van der Waals surface area (Å²) in [6, 6.07) is 8.88. The number of benzene rings is 1. The molecule has 1 aromatic rings. The van der Waals surface area contributed by atoms with Crippen LogP contribution in [0.5, 0.6) is 0 Å². The molecule has 1 N–H and O–H groups in total. The first-order valence-electron chi connectivity index (χ1n) is 7.54. The zero-order valence-electron chi connectivity index (χ0n) is 12.8. The van der Waals surface area contributed by atoms with Gasteiger partial charge < -0.3 is 10.1 Å². The lowest BCUT2D eigenvalue weighted by Gasteiger charge is -2.35. The molecule has 0 saturated heterocycles. The Labute approximate surface area is 129 Å². The third-order valence-electron chi connectivity index (χ3n) is 4.27. The van der Waals surface area contributed by atoms with Crippen molar-refractivity contribution < 1.29 is 14.3 Å². The van der Waals surface area contributed by atoms with Gasteiger partial charge in [-0.05, 0) is 31.2 Å². The van der Waals surface area contributed by atoms with Crippen molar-refractivity contribution in [3.05, 3.63) is 47.2 Å². The molecular formula is C17H20N2O3. The summed E-state index contributed by atoms with van der Waals surface area (Å²) in [7, 11) is 1.37. The summed E-state index contributed by atoms with van der Waals surface area (Å²) < 4.78 is 4.94. The highest BCUT2D eigenvalue weighted by atomic mass is 16.5. The number of esters is 1. The van der Waals surface area contributed by atoms with Crippen molar-refractivity contribution in [3.63, 3.8) is 0 Å². The number of nitrogens with one attached hydrogen (secondary N) is 1. The van der Waals surface area contributed by atoms with Crippen molar-refractivity contribution in [2.75, 3.05) is 13.7 Å². The number of amides is 2. The van der Waals surface area contributed by atoms with Gasteiger partial charge in [0.15, 0.2) is 0 Å². The molecule has 0 spiro atoms. The van der Waals surface area contributed by atoms with Crippen LogP contribution in [0.15, 0.2) is 41.6 Å². The quantitative estimate of drug-likeness (QED) is 0.870. The van der Waals surface area contributed by atoms with E-state index in [1.165, 1.54) is 7.11 Å². The summed E-state index contributed by atoms with van der Waals surface area (Å²) >= 11 is 0. The van der Waals surface area contributed by atoms with Crippen LogP contribution >= 0.6 is 0 Å². The van der Waals surface area contributed by atoms with Crippen LogP contribution in [0.3, 0.4) is 0 Å². The minimum Gasteiger partial charge on any atom is -0.466 e. The molecule has 1 heterocycles. The molecule has 22 heavy (non-hydrogen) atoms. The molecule has 1 aromatic carbocycles. The van der Waals surface area contributed by atoms with Crippen molar-refractivity contribution >= 4 is 12.0 Å². The first-order valence-corrected chi connectivity index (χ1v) is 7.54. The minimum absolute atomic E-state index is 0.147. The highest BCUT2D eigenvalue weighted by Gasteiger charge is 2.38. The summed E-state index contributed by atoms with van der Waals surface area (Å²) in [6.45, 7) is 2.49. The van der Waals surface area contributed by atoms with Crippen LogP contribution in [-0.2, 0) is 9.53 Å². The topological polar surface area (TPSA) is 58.6 Å². The van der Waals surface area contributed by atoms with Gasteiger partial charge in [-0.2, -0.15) is 0 Å². The van der Waals surface area contributed by atoms with Gasteiger partial charge in [0.1, 0.15) is 0 Å². The van der Waals surface area contributed by atoms with Gasteiger partial charge in [0.25, 0.3) is 0 Å². The van der Waals surface area contributed by atoms with Crippen LogP contribution in [-0.4, -0.2) is 30.6 Å². The van der Waals surface area contributed by atoms with E-state index in [1.54, 1.807) is 4.90 Å². The molecule has 1 fully saturated rings. The number of carbonyl (C=O) groups is 2. The van der Waals surface area contributed by atoms with Crippen LogP contribution < -0.4 is 5.32 Å². The molecule has 5 heteroatoms. The number of allylic oxidation sites excluding steroid dienone is 1. The summed E-state index contributed by atoms with van der Waals surface area (Å²) in [4.78, 5) is 26.4. The molecule has 3 rings (SSSR count). The third kappa shape index (κ3) is 2.71. The SMILES string of the molecule is COC(=O)C1=C(C)N(CC2CC2)C(=O)N[C@H]1c1ccccc1. The Morgan fingerprint density at radius 2 is 2.00 bits per heavy atom. The van der Waals surface area contributed by atoms with Gasteiger partial charge >= 0.3 is 12.0 Å². The molecule has 0 bridgehead atoms. The van der Waals surface area contributed by atoms with Crippen LogP contribution in [0.4, 0.5) is 4.79 Å². The average molecular weight is 300 g/mol. The van der Waals surface area contributed by atoms with Gasteiger partial charge in [0, 0.05) is 12.2 Å². The summed E-state index contributed by atoms with van der Waals surface area (Å²) in [6.07, 6.45) is 2.29. The van der Waals surface area contributed by atoms with Crippen molar-refractivity contribution in [2.45, 2.75) is 25.8 Å². The Kier molecular flexibility index (Phi) is 3.88. The molecule has 0 aromatic heterocycles. The number of urea groups is 1. The molecule has 1 saturated carbocycles. The van der Waals surface area contributed by atoms with E-state index >= 15 is 0 Å². The van der Waals surface area contributed by atoms with Crippen LogP contribution in [0.1, 0.15) is 31.4 Å². The number of hydrogen-bond donors (Lipinski definition) is 1. The van der Waals surface area contributed by atoms with E-state index in [0.717, 1.165) is 18.4 Å². The lowest BCUT2D eigenvalue weighted by molar-refractivity contribution is -0.136. The Hall–Kier alpha value is -2.30. The van der Waals surface area contributed by atoms with E-state index in [0.29, 0.717) is 23.7 Å². The normalized spacial score (nSPS) is 21.6. The maximum atomic E-state index is 12.4. The second-order valence-electron chi connectivity index (χ2n) is 5.84. The van der Waals surface area contributed by atoms with E-state index < -0.39 is 12.0 Å². The molecule has 0 unspecified atom stereocenters. The molecule has 0 radical (unpaired) electrons. The lowest BCUT2D eigenvalue weighted by Crippen LogP contribution is -2.48. The monoisotopic (exact) mass is 300 g/mol. The van der Waals surface area contributed by atoms with Crippen LogP contribution in [0, 0.1) is 5.92 Å².